The molecule has 0 saturated carbocycles. The van der Waals surface area contributed by atoms with Gasteiger partial charge in [0.2, 0.25) is 0 Å². The van der Waals surface area contributed by atoms with Gasteiger partial charge in [-0.3, -0.25) is 14.2 Å². The van der Waals surface area contributed by atoms with Crippen LogP contribution >= 0.6 is 0 Å². The highest BCUT2D eigenvalue weighted by atomic mass is 28.4. The smallest absolute Gasteiger partial charge is 0.351 e. The molecule has 326 valence electrons. The van der Waals surface area contributed by atoms with E-state index in [2.05, 4.69) is 44.2 Å². The number of benzene rings is 4. The number of anilines is 1. The van der Waals surface area contributed by atoms with Crippen LogP contribution in [0, 0.1) is 0 Å². The average molecular weight is 862 g/mol. The average Bonchev–Trinajstić information content (AvgIpc) is 3.58. The van der Waals surface area contributed by atoms with Crippen LogP contribution in [-0.4, -0.2) is 74.7 Å². The molecular weight excluding hydrogens is 807 g/mol. The number of carbonyl (C=O) groups excluding carboxylic acids is 3. The van der Waals surface area contributed by atoms with Gasteiger partial charge in [-0.2, -0.15) is 4.98 Å². The summed E-state index contributed by atoms with van der Waals surface area (Å²) in [5.41, 5.74) is 0.722. The normalized spacial score (nSPS) is 17.9. The number of rotatable bonds is 17. The first-order valence-electron chi connectivity index (χ1n) is 20.5. The number of nitrogens with zero attached hydrogens (tertiary/aromatic N) is 2. The van der Waals surface area contributed by atoms with Crippen LogP contribution in [0.1, 0.15) is 73.8 Å². The van der Waals surface area contributed by atoms with E-state index in [1.807, 2.05) is 78.9 Å². The second-order valence-corrected chi connectivity index (χ2v) is 21.5. The van der Waals surface area contributed by atoms with Crippen LogP contribution in [-0.2, 0) is 33.8 Å². The Morgan fingerprint density at radius 2 is 1.31 bits per heavy atom. The van der Waals surface area contributed by atoms with Crippen molar-refractivity contribution in [2.75, 3.05) is 26.1 Å². The third-order valence-corrected chi connectivity index (χ3v) is 16.0. The lowest BCUT2D eigenvalue weighted by atomic mass is 9.80. The van der Waals surface area contributed by atoms with Crippen LogP contribution in [0.15, 0.2) is 126 Å². The number of hydrogen-bond donors (Lipinski definition) is 1. The second-order valence-electron chi connectivity index (χ2n) is 16.7. The lowest BCUT2D eigenvalue weighted by Gasteiger charge is -2.40. The molecular formula is C48H55N3O10Si. The van der Waals surface area contributed by atoms with E-state index in [1.54, 1.807) is 44.6 Å². The molecule has 0 spiro atoms. The van der Waals surface area contributed by atoms with E-state index in [0.29, 0.717) is 17.1 Å². The van der Waals surface area contributed by atoms with E-state index >= 15 is 0 Å². The molecule has 1 amide bonds. The molecule has 1 unspecified atom stereocenters. The van der Waals surface area contributed by atoms with Gasteiger partial charge in [0.25, 0.3) is 5.91 Å². The summed E-state index contributed by atoms with van der Waals surface area (Å²) in [6.45, 7) is 11.6. The van der Waals surface area contributed by atoms with Crippen LogP contribution in [0.5, 0.6) is 11.5 Å². The molecule has 6 rings (SSSR count). The van der Waals surface area contributed by atoms with E-state index in [1.165, 1.54) is 23.8 Å². The van der Waals surface area contributed by atoms with Crippen molar-refractivity contribution in [2.45, 2.75) is 88.8 Å². The Bertz CT molecular complexity index is 2320. The van der Waals surface area contributed by atoms with Crippen molar-refractivity contribution in [1.29, 1.82) is 0 Å². The van der Waals surface area contributed by atoms with E-state index in [4.69, 9.17) is 28.1 Å². The largest absolute Gasteiger partial charge is 0.497 e. The Hall–Kier alpha value is -5.93. The molecule has 1 fully saturated rings. The summed E-state index contributed by atoms with van der Waals surface area (Å²) < 4.78 is 39.8. The first kappa shape index (κ1) is 45.6. The standard InChI is InChI=1S/C48H55N3O10Si/c1-32(52)19-28-41(53)60-42-39(31-58-48(34-17-13-10-14-18-34,35-20-24-37(56-5)25-21-35)36-22-26-38(57-6)27-23-36)59-45(43(42)61-62(7,8)47(2,3)4)51-30-29-40(50-46(51)55)49-44(54)33-15-11-9-12-16-33/h9-18,20-27,29-30,39,42-43,45H,19,28,31H2,1-8H3,(H,49,50,54,55)/t39-,42+,43?,45-/m1/s1. The molecule has 1 N–H and O–H groups in total. The highest BCUT2D eigenvalue weighted by Crippen LogP contribution is 2.45. The molecule has 1 aliphatic rings. The van der Waals surface area contributed by atoms with Gasteiger partial charge in [-0.25, -0.2) is 4.79 Å². The van der Waals surface area contributed by atoms with Gasteiger partial charge in [0.1, 0.15) is 40.9 Å². The minimum absolute atomic E-state index is 0.0175. The van der Waals surface area contributed by atoms with E-state index in [0.717, 1.165) is 16.7 Å². The number of amides is 1. The zero-order valence-electron chi connectivity index (χ0n) is 36.5. The lowest BCUT2D eigenvalue weighted by molar-refractivity contribution is -0.159. The van der Waals surface area contributed by atoms with Crippen LogP contribution in [0.4, 0.5) is 5.82 Å². The number of aromatic nitrogens is 2. The highest BCUT2D eigenvalue weighted by Gasteiger charge is 2.54. The fraction of sp³-hybridized carbons (Fsp3) is 0.354. The number of methoxy groups -OCH3 is 2. The number of hydrogen-bond acceptors (Lipinski definition) is 11. The van der Waals surface area contributed by atoms with E-state index in [-0.39, 0.29) is 36.1 Å². The molecule has 13 nitrogen and oxygen atoms in total. The molecule has 2 heterocycles. The third-order valence-electron chi connectivity index (χ3n) is 11.5. The Balaban J connectivity index is 1.46. The first-order valence-corrected chi connectivity index (χ1v) is 23.4. The number of nitrogens with one attached hydrogen (secondary N) is 1. The highest BCUT2D eigenvalue weighted by molar-refractivity contribution is 6.74. The Morgan fingerprint density at radius 3 is 1.82 bits per heavy atom. The van der Waals surface area contributed by atoms with Crippen molar-refractivity contribution in [3.8, 4) is 11.5 Å². The third kappa shape index (κ3) is 10.2. The monoisotopic (exact) mass is 861 g/mol. The summed E-state index contributed by atoms with van der Waals surface area (Å²) in [6.07, 6.45) is -3.02. The molecule has 1 saturated heterocycles. The van der Waals surface area contributed by atoms with Crippen molar-refractivity contribution in [3.63, 3.8) is 0 Å². The summed E-state index contributed by atoms with van der Waals surface area (Å²) >= 11 is 0. The SMILES string of the molecule is COc1ccc(C(OC[C@H]2O[C@@H](n3ccc(NC(=O)c4ccccc4)nc3=O)C(O[Si](C)(C)C(C)(C)C)[C@H]2OC(=O)CCC(C)=O)(c2ccccc2)c2ccc(OC)cc2)cc1. The van der Waals surface area contributed by atoms with Crippen molar-refractivity contribution < 1.29 is 42.5 Å². The zero-order chi connectivity index (χ0) is 44.7. The first-order chi connectivity index (χ1) is 29.6. The topological polar surface area (TPSA) is 154 Å². The minimum Gasteiger partial charge on any atom is -0.497 e. The molecule has 0 aliphatic carbocycles. The number of ketones is 1. The molecule has 4 aromatic carbocycles. The predicted molar refractivity (Wildman–Crippen MR) is 237 cm³/mol. The number of esters is 1. The maximum Gasteiger partial charge on any atom is 0.351 e. The van der Waals surface area contributed by atoms with Crippen molar-refractivity contribution in [3.05, 3.63) is 154 Å². The van der Waals surface area contributed by atoms with Gasteiger partial charge < -0.3 is 38.2 Å². The van der Waals surface area contributed by atoms with E-state index in [9.17, 15) is 19.2 Å². The number of carbonyl (C=O) groups is 3. The van der Waals surface area contributed by atoms with Crippen LogP contribution < -0.4 is 20.5 Å². The van der Waals surface area contributed by atoms with Gasteiger partial charge in [0, 0.05) is 18.2 Å². The van der Waals surface area contributed by atoms with Gasteiger partial charge in [-0.15, -0.1) is 0 Å². The van der Waals surface area contributed by atoms with Gasteiger partial charge >= 0.3 is 11.7 Å². The maximum absolute atomic E-state index is 14.0. The fourth-order valence-electron chi connectivity index (χ4n) is 7.08. The summed E-state index contributed by atoms with van der Waals surface area (Å²) in [4.78, 5) is 56.9. The van der Waals surface area contributed by atoms with E-state index < -0.39 is 56.0 Å². The lowest BCUT2D eigenvalue weighted by Crippen LogP contribution is -2.51. The molecule has 4 atom stereocenters. The second kappa shape index (κ2) is 19.4. The molecule has 1 aromatic heterocycles. The summed E-state index contributed by atoms with van der Waals surface area (Å²) in [5.74, 6) is 0.114. The van der Waals surface area contributed by atoms with Crippen molar-refractivity contribution >= 4 is 31.8 Å². The Morgan fingerprint density at radius 1 is 0.758 bits per heavy atom. The van der Waals surface area contributed by atoms with Gasteiger partial charge in [-0.05, 0) is 84.2 Å². The molecule has 5 aromatic rings. The molecule has 62 heavy (non-hydrogen) atoms. The molecule has 1 aliphatic heterocycles. The fourth-order valence-corrected chi connectivity index (χ4v) is 8.36. The number of ether oxygens (including phenoxy) is 5. The zero-order valence-corrected chi connectivity index (χ0v) is 37.5. The molecule has 0 bridgehead atoms. The Kier molecular flexibility index (Phi) is 14.3. The van der Waals surface area contributed by atoms with Gasteiger partial charge in [0.15, 0.2) is 20.6 Å². The quantitative estimate of drug-likeness (QED) is 0.0548. The number of Topliss-reactive ketones (excluding diaryl/α,β-unsaturated/α-hetero) is 1. The van der Waals surface area contributed by atoms with Gasteiger partial charge in [-0.1, -0.05) is 93.6 Å². The minimum atomic E-state index is -2.71. The predicted octanol–water partition coefficient (Wildman–Crippen LogP) is 8.09. The van der Waals surface area contributed by atoms with Crippen LogP contribution in [0.2, 0.25) is 18.1 Å². The summed E-state index contributed by atoms with van der Waals surface area (Å²) in [6, 6.07) is 35.0. The molecule has 0 radical (unpaired) electrons. The van der Waals surface area contributed by atoms with Crippen LogP contribution in [0.3, 0.4) is 0 Å². The summed E-state index contributed by atoms with van der Waals surface area (Å²) in [5, 5.41) is 2.38. The maximum atomic E-state index is 14.0. The van der Waals surface area contributed by atoms with Crippen molar-refractivity contribution in [2.24, 2.45) is 0 Å². The summed E-state index contributed by atoms with van der Waals surface area (Å²) in [7, 11) is 0.490. The van der Waals surface area contributed by atoms with Crippen LogP contribution in [0.25, 0.3) is 0 Å². The van der Waals surface area contributed by atoms with Crippen molar-refractivity contribution in [1.82, 2.24) is 9.55 Å². The molecule has 14 heteroatoms. The Labute approximate surface area is 363 Å². The van der Waals surface area contributed by atoms with Gasteiger partial charge in [0.05, 0.1) is 27.2 Å².